The van der Waals surface area contributed by atoms with Crippen LogP contribution in [0.3, 0.4) is 0 Å². The average Bonchev–Trinajstić information content (AvgIpc) is 2.17. The van der Waals surface area contributed by atoms with E-state index in [0.717, 1.165) is 21.6 Å². The number of hydrogen-bond donors (Lipinski definition) is 1. The monoisotopic (exact) mass is 289 g/mol. The fraction of sp³-hybridized carbons (Fsp3) is 0.500. The molecule has 1 unspecified atom stereocenters. The lowest BCUT2D eigenvalue weighted by Gasteiger charge is -2.13. The van der Waals surface area contributed by atoms with Gasteiger partial charge in [-0.05, 0) is 31.0 Å². The van der Waals surface area contributed by atoms with E-state index in [4.69, 9.17) is 11.6 Å². The van der Waals surface area contributed by atoms with Crippen molar-refractivity contribution in [1.82, 2.24) is 5.32 Å². The lowest BCUT2D eigenvalue weighted by molar-refractivity contribution is 0.508. The van der Waals surface area contributed by atoms with Crippen LogP contribution in [0.1, 0.15) is 32.3 Å². The quantitative estimate of drug-likeness (QED) is 0.848. The van der Waals surface area contributed by atoms with E-state index < -0.39 is 0 Å². The first-order valence-electron chi connectivity index (χ1n) is 5.30. The minimum Gasteiger partial charge on any atom is -0.310 e. The molecule has 0 saturated carbocycles. The van der Waals surface area contributed by atoms with Gasteiger partial charge in [0.1, 0.15) is 0 Å². The molecule has 84 valence electrons. The molecule has 15 heavy (non-hydrogen) atoms. The maximum atomic E-state index is 6.12. The highest BCUT2D eigenvalue weighted by atomic mass is 79.9. The van der Waals surface area contributed by atoms with Gasteiger partial charge in [-0.2, -0.15) is 0 Å². The Balaban J connectivity index is 2.50. The Kier molecular flexibility index (Phi) is 5.65. The van der Waals surface area contributed by atoms with Crippen LogP contribution in [-0.2, 0) is 6.54 Å². The third-order valence-corrected chi connectivity index (χ3v) is 3.22. The number of hydrogen-bond acceptors (Lipinski definition) is 1. The van der Waals surface area contributed by atoms with Crippen LogP contribution < -0.4 is 5.32 Å². The largest absolute Gasteiger partial charge is 0.310 e. The summed E-state index contributed by atoms with van der Waals surface area (Å²) in [7, 11) is 0. The predicted octanol–water partition coefficient (Wildman–Crippen LogP) is 4.38. The van der Waals surface area contributed by atoms with E-state index in [9.17, 15) is 0 Å². The zero-order valence-electron chi connectivity index (χ0n) is 9.19. The van der Waals surface area contributed by atoms with E-state index in [1.807, 2.05) is 12.1 Å². The van der Waals surface area contributed by atoms with E-state index in [-0.39, 0.29) is 0 Å². The first-order valence-corrected chi connectivity index (χ1v) is 6.48. The molecule has 0 spiro atoms. The lowest BCUT2D eigenvalue weighted by atomic mass is 10.1. The first-order chi connectivity index (χ1) is 7.13. The second-order valence-corrected chi connectivity index (χ2v) is 5.13. The molecular weight excluding hydrogens is 273 g/mol. The Morgan fingerprint density at radius 1 is 1.47 bits per heavy atom. The summed E-state index contributed by atoms with van der Waals surface area (Å²) in [5.41, 5.74) is 1.16. The van der Waals surface area contributed by atoms with Gasteiger partial charge in [-0.25, -0.2) is 0 Å². The predicted molar refractivity (Wildman–Crippen MR) is 70.4 cm³/mol. The molecule has 0 aliphatic rings. The highest BCUT2D eigenvalue weighted by Crippen LogP contribution is 2.21. The fourth-order valence-corrected chi connectivity index (χ4v) is 2.22. The van der Waals surface area contributed by atoms with Crippen molar-refractivity contribution in [3.8, 4) is 0 Å². The molecule has 0 heterocycles. The summed E-state index contributed by atoms with van der Waals surface area (Å²) in [6.45, 7) is 5.24. The number of halogens is 2. The second kappa shape index (κ2) is 6.51. The summed E-state index contributed by atoms with van der Waals surface area (Å²) in [5, 5.41) is 4.28. The molecule has 1 nitrogen and oxygen atoms in total. The van der Waals surface area contributed by atoms with E-state index in [1.165, 1.54) is 12.8 Å². The molecule has 1 aromatic rings. The number of benzene rings is 1. The second-order valence-electron chi connectivity index (χ2n) is 3.81. The van der Waals surface area contributed by atoms with Gasteiger partial charge in [0.25, 0.3) is 0 Å². The minimum absolute atomic E-state index is 0.551. The van der Waals surface area contributed by atoms with Gasteiger partial charge < -0.3 is 5.32 Å². The van der Waals surface area contributed by atoms with Crippen LogP contribution in [0.2, 0.25) is 5.02 Å². The third-order valence-electron chi connectivity index (χ3n) is 2.38. The Hall–Kier alpha value is -0.0500. The van der Waals surface area contributed by atoms with Crippen LogP contribution in [0.5, 0.6) is 0 Å². The van der Waals surface area contributed by atoms with Crippen molar-refractivity contribution < 1.29 is 0 Å². The third kappa shape index (κ3) is 4.54. The normalized spacial score (nSPS) is 12.8. The molecule has 0 aliphatic heterocycles. The highest BCUT2D eigenvalue weighted by molar-refractivity contribution is 9.10. The molecule has 0 bridgehead atoms. The maximum Gasteiger partial charge on any atom is 0.0462 e. The summed E-state index contributed by atoms with van der Waals surface area (Å²) >= 11 is 9.52. The summed E-state index contributed by atoms with van der Waals surface area (Å²) in [5.74, 6) is 0. The van der Waals surface area contributed by atoms with Gasteiger partial charge in [0.05, 0.1) is 0 Å². The first kappa shape index (κ1) is 13.0. The summed E-state index contributed by atoms with van der Waals surface area (Å²) < 4.78 is 1.03. The fourth-order valence-electron chi connectivity index (χ4n) is 1.48. The van der Waals surface area contributed by atoms with Gasteiger partial charge in [-0.15, -0.1) is 0 Å². The molecule has 0 aromatic heterocycles. The molecule has 0 aliphatic carbocycles. The SMILES string of the molecule is CCCC(C)NCc1ccc(Br)cc1Cl. The zero-order valence-corrected chi connectivity index (χ0v) is 11.5. The molecule has 1 atom stereocenters. The Labute approximate surface area is 105 Å². The Morgan fingerprint density at radius 3 is 2.80 bits per heavy atom. The molecule has 0 amide bonds. The van der Waals surface area contributed by atoms with Crippen LogP contribution in [0.25, 0.3) is 0 Å². The van der Waals surface area contributed by atoms with Crippen molar-refractivity contribution in [2.24, 2.45) is 0 Å². The van der Waals surface area contributed by atoms with E-state index in [1.54, 1.807) is 0 Å². The van der Waals surface area contributed by atoms with Gasteiger partial charge in [-0.3, -0.25) is 0 Å². The van der Waals surface area contributed by atoms with Crippen LogP contribution in [0.15, 0.2) is 22.7 Å². The van der Waals surface area contributed by atoms with Gasteiger partial charge in [0.15, 0.2) is 0 Å². The van der Waals surface area contributed by atoms with Crippen LogP contribution in [0.4, 0.5) is 0 Å². The molecule has 0 radical (unpaired) electrons. The Morgan fingerprint density at radius 2 is 2.20 bits per heavy atom. The van der Waals surface area contributed by atoms with Crippen molar-refractivity contribution >= 4 is 27.5 Å². The smallest absolute Gasteiger partial charge is 0.0462 e. The van der Waals surface area contributed by atoms with E-state index in [2.05, 4.69) is 41.2 Å². The van der Waals surface area contributed by atoms with Crippen molar-refractivity contribution in [1.29, 1.82) is 0 Å². The van der Waals surface area contributed by atoms with Gasteiger partial charge in [-0.1, -0.05) is 46.9 Å². The van der Waals surface area contributed by atoms with Crippen molar-refractivity contribution in [3.63, 3.8) is 0 Å². The molecule has 1 N–H and O–H groups in total. The molecule has 1 rings (SSSR count). The molecule has 0 saturated heterocycles. The molecular formula is C12H17BrClN. The number of nitrogens with one attached hydrogen (secondary N) is 1. The highest BCUT2D eigenvalue weighted by Gasteiger charge is 2.03. The van der Waals surface area contributed by atoms with E-state index >= 15 is 0 Å². The van der Waals surface area contributed by atoms with Gasteiger partial charge >= 0.3 is 0 Å². The van der Waals surface area contributed by atoms with Crippen molar-refractivity contribution in [2.75, 3.05) is 0 Å². The van der Waals surface area contributed by atoms with Gasteiger partial charge in [0.2, 0.25) is 0 Å². The topological polar surface area (TPSA) is 12.0 Å². The van der Waals surface area contributed by atoms with Crippen LogP contribution in [-0.4, -0.2) is 6.04 Å². The maximum absolute atomic E-state index is 6.12. The standard InChI is InChI=1S/C12H17BrClN/c1-3-4-9(2)15-8-10-5-6-11(13)7-12(10)14/h5-7,9,15H,3-4,8H2,1-2H3. The van der Waals surface area contributed by atoms with Crippen LogP contribution >= 0.6 is 27.5 Å². The minimum atomic E-state index is 0.551. The molecule has 0 fully saturated rings. The summed E-state index contributed by atoms with van der Waals surface area (Å²) in [6, 6.07) is 6.56. The number of rotatable bonds is 5. The van der Waals surface area contributed by atoms with Gasteiger partial charge in [0, 0.05) is 22.1 Å². The molecule has 1 aromatic carbocycles. The zero-order chi connectivity index (χ0) is 11.3. The van der Waals surface area contributed by atoms with Crippen molar-refractivity contribution in [3.05, 3.63) is 33.3 Å². The van der Waals surface area contributed by atoms with Crippen LogP contribution in [0, 0.1) is 0 Å². The summed E-state index contributed by atoms with van der Waals surface area (Å²) in [4.78, 5) is 0. The Bertz CT molecular complexity index is 314. The lowest BCUT2D eigenvalue weighted by Crippen LogP contribution is -2.25. The molecule has 3 heteroatoms. The average molecular weight is 291 g/mol. The summed E-state index contributed by atoms with van der Waals surface area (Å²) in [6.07, 6.45) is 2.41. The van der Waals surface area contributed by atoms with Crippen molar-refractivity contribution in [2.45, 2.75) is 39.3 Å². The van der Waals surface area contributed by atoms with E-state index in [0.29, 0.717) is 6.04 Å².